The summed E-state index contributed by atoms with van der Waals surface area (Å²) in [7, 11) is 0. The van der Waals surface area contributed by atoms with Crippen LogP contribution in [0.2, 0.25) is 0 Å². The monoisotopic (exact) mass is 847 g/mol. The van der Waals surface area contributed by atoms with E-state index in [2.05, 4.69) is 275 Å². The molecule has 9 aromatic carbocycles. The molecule has 0 saturated carbocycles. The Morgan fingerprint density at radius 2 is 0.400 bits per heavy atom. The summed E-state index contributed by atoms with van der Waals surface area (Å²) in [5.41, 5.74) is 26.7. The lowest BCUT2D eigenvalue weighted by atomic mass is 9.99. The minimum atomic E-state index is 1.11. The SMILES string of the molecule is Cc1ccc(-c2ccc(-c3ccc(C)cc3)cc2)cc1.Cc1ccc(-c2ccc(C)cc2)cc1.Cc1ccc(C)cc1.Cc1ccc2c(c1)Cc1cc(C)ccc1-2.Cc1cccc(C)c1. The smallest absolute Gasteiger partial charge is 0.00133 e. The van der Waals surface area contributed by atoms with Crippen LogP contribution in [0.1, 0.15) is 66.8 Å². The second-order valence-corrected chi connectivity index (χ2v) is 17.9. The summed E-state index contributed by atoms with van der Waals surface area (Å²) >= 11 is 0. The van der Waals surface area contributed by atoms with Crippen LogP contribution in [0.4, 0.5) is 0 Å². The van der Waals surface area contributed by atoms with Crippen molar-refractivity contribution in [2.24, 2.45) is 0 Å². The van der Waals surface area contributed by atoms with Gasteiger partial charge in [0.25, 0.3) is 0 Å². The highest BCUT2D eigenvalue weighted by molar-refractivity contribution is 5.77. The second kappa shape index (κ2) is 23.1. The molecule has 0 unspecified atom stereocenters. The molecular weight excluding hydrogens is 781 g/mol. The Kier molecular flexibility index (Phi) is 16.8. The van der Waals surface area contributed by atoms with Crippen molar-refractivity contribution < 1.29 is 0 Å². The Labute approximate surface area is 391 Å². The van der Waals surface area contributed by atoms with Gasteiger partial charge in [0, 0.05) is 0 Å². The van der Waals surface area contributed by atoms with Crippen LogP contribution < -0.4 is 0 Å². The zero-order valence-corrected chi connectivity index (χ0v) is 40.3. The van der Waals surface area contributed by atoms with Crippen LogP contribution >= 0.6 is 0 Å². The Morgan fingerprint density at radius 1 is 0.200 bits per heavy atom. The molecule has 10 rings (SSSR count). The molecular formula is C65H66. The second-order valence-electron chi connectivity index (χ2n) is 17.9. The van der Waals surface area contributed by atoms with Gasteiger partial charge >= 0.3 is 0 Å². The normalized spacial score (nSPS) is 10.6. The molecule has 0 heteroatoms. The van der Waals surface area contributed by atoms with Gasteiger partial charge in [-0.3, -0.25) is 0 Å². The lowest BCUT2D eigenvalue weighted by Crippen LogP contribution is -1.81. The minimum Gasteiger partial charge on any atom is -0.0617 e. The van der Waals surface area contributed by atoms with Crippen LogP contribution in [-0.2, 0) is 6.42 Å². The first-order valence-electron chi connectivity index (χ1n) is 22.9. The first kappa shape index (κ1) is 47.5. The van der Waals surface area contributed by atoms with Crippen molar-refractivity contribution in [3.63, 3.8) is 0 Å². The van der Waals surface area contributed by atoms with Gasteiger partial charge < -0.3 is 0 Å². The number of fused-ring (bicyclic) bond motifs is 3. The van der Waals surface area contributed by atoms with Crippen LogP contribution in [0.5, 0.6) is 0 Å². The molecule has 0 amide bonds. The molecule has 1 aliphatic rings. The van der Waals surface area contributed by atoms with Crippen LogP contribution in [0, 0.1) is 69.2 Å². The Balaban J connectivity index is 0.000000140. The molecule has 326 valence electrons. The van der Waals surface area contributed by atoms with E-state index >= 15 is 0 Å². The summed E-state index contributed by atoms with van der Waals surface area (Å²) in [4.78, 5) is 0. The Hall–Kier alpha value is -7.02. The minimum absolute atomic E-state index is 1.11. The van der Waals surface area contributed by atoms with Gasteiger partial charge in [-0.15, -0.1) is 0 Å². The van der Waals surface area contributed by atoms with Crippen molar-refractivity contribution in [1.82, 2.24) is 0 Å². The number of rotatable bonds is 3. The highest BCUT2D eigenvalue weighted by atomic mass is 14.2. The standard InChI is InChI=1S/C20H18.C15H14.C14H14.2C8H10/c1-15-3-7-17(8-4-15)19-11-13-20(14-12-19)18-9-5-16(2)6-10-18;1-10-3-5-14-12(7-10)9-13-8-11(2)4-6-15(13)14;1-11-3-7-13(8-4-11)14-9-5-12(2)6-10-14;1-7-3-5-8(2)6-4-7;1-7-4-3-5-8(2)6-7/h3-14H,1-2H3;3-8H,9H2,1-2H3;3-10H,1-2H3;2*3-6H,1-2H3. The molecule has 9 aromatic rings. The van der Waals surface area contributed by atoms with Crippen molar-refractivity contribution in [3.8, 4) is 44.5 Å². The highest BCUT2D eigenvalue weighted by Gasteiger charge is 2.17. The summed E-state index contributed by atoms with van der Waals surface area (Å²) in [6.07, 6.45) is 1.11. The molecule has 0 aromatic heterocycles. The summed E-state index contributed by atoms with van der Waals surface area (Å²) in [6, 6.07) is 73.8. The van der Waals surface area contributed by atoms with E-state index < -0.39 is 0 Å². The van der Waals surface area contributed by atoms with Gasteiger partial charge in [-0.1, -0.05) is 262 Å². The Bertz CT molecular complexity index is 2660. The van der Waals surface area contributed by atoms with Gasteiger partial charge in [0.05, 0.1) is 0 Å². The summed E-state index contributed by atoms with van der Waals surface area (Å²) in [5, 5.41) is 0. The average molecular weight is 847 g/mol. The van der Waals surface area contributed by atoms with E-state index in [0.29, 0.717) is 0 Å². The molecule has 0 spiro atoms. The van der Waals surface area contributed by atoms with Crippen molar-refractivity contribution >= 4 is 0 Å². The van der Waals surface area contributed by atoms with E-state index in [1.807, 2.05) is 0 Å². The van der Waals surface area contributed by atoms with Crippen molar-refractivity contribution in [2.75, 3.05) is 0 Å². The first-order valence-corrected chi connectivity index (χ1v) is 22.9. The van der Waals surface area contributed by atoms with Gasteiger partial charge in [0.2, 0.25) is 0 Å². The predicted molar refractivity (Wildman–Crippen MR) is 284 cm³/mol. The van der Waals surface area contributed by atoms with E-state index in [0.717, 1.165) is 6.42 Å². The molecule has 0 atom stereocenters. The van der Waals surface area contributed by atoms with Crippen molar-refractivity contribution in [1.29, 1.82) is 0 Å². The number of aryl methyl sites for hydroxylation is 10. The molecule has 0 N–H and O–H groups in total. The lowest BCUT2D eigenvalue weighted by molar-refractivity contribution is 1.24. The van der Waals surface area contributed by atoms with E-state index in [4.69, 9.17) is 0 Å². The number of hydrogen-bond acceptors (Lipinski definition) is 0. The van der Waals surface area contributed by atoms with E-state index in [1.54, 1.807) is 0 Å². The maximum absolute atomic E-state index is 2.31. The van der Waals surface area contributed by atoms with Gasteiger partial charge in [0.15, 0.2) is 0 Å². The summed E-state index contributed by atoms with van der Waals surface area (Å²) in [5.74, 6) is 0. The molecule has 0 heterocycles. The van der Waals surface area contributed by atoms with Gasteiger partial charge in [-0.05, 0) is 131 Å². The molecule has 65 heavy (non-hydrogen) atoms. The first-order chi connectivity index (χ1) is 31.3. The van der Waals surface area contributed by atoms with Crippen molar-refractivity contribution in [2.45, 2.75) is 75.7 Å². The largest absolute Gasteiger partial charge is 0.0617 e. The third-order valence-corrected chi connectivity index (χ3v) is 11.7. The fourth-order valence-electron chi connectivity index (χ4n) is 7.75. The summed E-state index contributed by atoms with van der Waals surface area (Å²) in [6.45, 7) is 21.2. The fourth-order valence-corrected chi connectivity index (χ4v) is 7.75. The van der Waals surface area contributed by atoms with E-state index in [9.17, 15) is 0 Å². The quantitative estimate of drug-likeness (QED) is 0.166. The zero-order chi connectivity index (χ0) is 46.3. The summed E-state index contributed by atoms with van der Waals surface area (Å²) < 4.78 is 0. The predicted octanol–water partition coefficient (Wildman–Crippen LogP) is 18.1. The number of benzene rings is 9. The Morgan fingerprint density at radius 3 is 0.631 bits per heavy atom. The van der Waals surface area contributed by atoms with E-state index in [-0.39, 0.29) is 0 Å². The highest BCUT2D eigenvalue weighted by Crippen LogP contribution is 2.37. The molecule has 0 radical (unpaired) electrons. The molecule has 1 aliphatic carbocycles. The van der Waals surface area contributed by atoms with Crippen LogP contribution in [0.25, 0.3) is 44.5 Å². The topological polar surface area (TPSA) is 0 Å². The third kappa shape index (κ3) is 14.5. The van der Waals surface area contributed by atoms with Crippen LogP contribution in [0.3, 0.4) is 0 Å². The molecule has 0 nitrogen and oxygen atoms in total. The lowest BCUT2D eigenvalue weighted by Gasteiger charge is -2.06. The van der Waals surface area contributed by atoms with Gasteiger partial charge in [-0.2, -0.15) is 0 Å². The maximum atomic E-state index is 2.31. The van der Waals surface area contributed by atoms with Gasteiger partial charge in [0.1, 0.15) is 0 Å². The van der Waals surface area contributed by atoms with Crippen molar-refractivity contribution in [3.05, 3.63) is 273 Å². The van der Waals surface area contributed by atoms with Crippen LogP contribution in [0.15, 0.2) is 206 Å². The van der Waals surface area contributed by atoms with Crippen LogP contribution in [-0.4, -0.2) is 0 Å². The molecule has 0 saturated heterocycles. The zero-order valence-electron chi connectivity index (χ0n) is 40.3. The maximum Gasteiger partial charge on any atom is -0.00133 e. The molecule has 0 aliphatic heterocycles. The van der Waals surface area contributed by atoms with Gasteiger partial charge in [-0.25, -0.2) is 0 Å². The average Bonchev–Trinajstić information content (AvgIpc) is 3.66. The third-order valence-electron chi connectivity index (χ3n) is 11.7. The number of hydrogen-bond donors (Lipinski definition) is 0. The molecule has 0 bridgehead atoms. The molecule has 0 fully saturated rings. The fraction of sp³-hybridized carbons (Fsp3) is 0.169. The van der Waals surface area contributed by atoms with E-state index in [1.165, 1.54) is 111 Å².